The Kier molecular flexibility index (Phi) is 2.86. The zero-order valence-electron chi connectivity index (χ0n) is 7.07. The lowest BCUT2D eigenvalue weighted by atomic mass is 10.2. The van der Waals surface area contributed by atoms with Crippen molar-refractivity contribution in [3.63, 3.8) is 0 Å². The molecule has 0 atom stereocenters. The summed E-state index contributed by atoms with van der Waals surface area (Å²) in [7, 11) is 1.63. The number of halogens is 3. The number of hydrogen-bond donors (Lipinski definition) is 1. The van der Waals surface area contributed by atoms with Crippen LogP contribution < -0.4 is 4.74 Å². The minimum absolute atomic E-state index is 0.759. The molecule has 1 N–H and O–H groups in total. The Hall–Kier alpha value is -0.0700. The number of hydrogen-bond acceptors (Lipinski definition) is 2. The van der Waals surface area contributed by atoms with E-state index in [9.17, 15) is 0 Å². The van der Waals surface area contributed by atoms with Crippen LogP contribution in [0, 0.1) is 0 Å². The highest BCUT2D eigenvalue weighted by Gasteiger charge is 2.15. The molecule has 0 aliphatic heterocycles. The average molecular weight is 385 g/mol. The van der Waals surface area contributed by atoms with Gasteiger partial charge in [0.15, 0.2) is 0 Å². The number of nitrogens with one attached hydrogen (secondary N) is 1. The molecule has 0 amide bonds. The van der Waals surface area contributed by atoms with Crippen LogP contribution in [-0.4, -0.2) is 17.3 Å². The lowest BCUT2D eigenvalue weighted by Gasteiger charge is -2.06. The molecule has 1 aromatic carbocycles. The molecule has 2 aromatic rings. The van der Waals surface area contributed by atoms with Gasteiger partial charge >= 0.3 is 0 Å². The number of fused-ring (bicyclic) bond motifs is 1. The third-order valence-electron chi connectivity index (χ3n) is 1.85. The van der Waals surface area contributed by atoms with Crippen LogP contribution in [0.15, 0.2) is 19.6 Å². The second-order valence-corrected chi connectivity index (χ2v) is 5.08. The van der Waals surface area contributed by atoms with Crippen molar-refractivity contribution in [3.8, 4) is 5.75 Å². The molecule has 0 bridgehead atoms. The van der Waals surface area contributed by atoms with Gasteiger partial charge in [-0.1, -0.05) is 0 Å². The number of ether oxygens (including phenoxy) is 1. The van der Waals surface area contributed by atoms with Gasteiger partial charge in [0.2, 0.25) is 0 Å². The number of H-pyrrole nitrogens is 1. The van der Waals surface area contributed by atoms with Crippen molar-refractivity contribution in [1.82, 2.24) is 10.2 Å². The molecule has 0 fully saturated rings. The fourth-order valence-corrected chi connectivity index (χ4v) is 2.59. The molecule has 14 heavy (non-hydrogen) atoms. The zero-order chi connectivity index (χ0) is 10.3. The first-order valence-corrected chi connectivity index (χ1v) is 6.08. The van der Waals surface area contributed by atoms with Crippen LogP contribution in [0.1, 0.15) is 0 Å². The summed E-state index contributed by atoms with van der Waals surface area (Å²) in [6, 6.07) is 1.92. The van der Waals surface area contributed by atoms with Crippen molar-refractivity contribution in [2.75, 3.05) is 7.11 Å². The van der Waals surface area contributed by atoms with Gasteiger partial charge < -0.3 is 4.74 Å². The van der Waals surface area contributed by atoms with E-state index in [0.29, 0.717) is 0 Å². The standard InChI is InChI=1S/C8H5Br3N2O/c1-14-7-5-4(12-13-8(5)11)2-3(9)6(7)10/h2H,1H3,(H,12,13). The minimum Gasteiger partial charge on any atom is -0.495 e. The molecule has 6 heteroatoms. The summed E-state index contributed by atoms with van der Waals surface area (Å²) in [5.41, 5.74) is 0.851. The summed E-state index contributed by atoms with van der Waals surface area (Å²) in [6.45, 7) is 0. The van der Waals surface area contributed by atoms with Crippen molar-refractivity contribution in [2.24, 2.45) is 0 Å². The summed E-state index contributed by atoms with van der Waals surface area (Å²) in [5, 5.41) is 7.91. The van der Waals surface area contributed by atoms with Gasteiger partial charge in [-0.3, -0.25) is 5.10 Å². The average Bonchev–Trinajstić information content (AvgIpc) is 2.50. The highest BCUT2D eigenvalue weighted by atomic mass is 79.9. The lowest BCUT2D eigenvalue weighted by Crippen LogP contribution is -1.86. The number of aromatic amines is 1. The molecule has 0 unspecified atom stereocenters. The van der Waals surface area contributed by atoms with Crippen LogP contribution in [0.2, 0.25) is 0 Å². The van der Waals surface area contributed by atoms with Crippen LogP contribution in [0.4, 0.5) is 0 Å². The first-order valence-electron chi connectivity index (χ1n) is 3.70. The Labute approximate surface area is 106 Å². The van der Waals surface area contributed by atoms with Gasteiger partial charge in [0.1, 0.15) is 10.4 Å². The third kappa shape index (κ3) is 1.49. The van der Waals surface area contributed by atoms with Crippen LogP contribution in [0.25, 0.3) is 10.9 Å². The summed E-state index contributed by atoms with van der Waals surface area (Å²) in [5.74, 6) is 0.759. The van der Waals surface area contributed by atoms with Crippen molar-refractivity contribution >= 4 is 58.7 Å². The number of methoxy groups -OCH3 is 1. The SMILES string of the molecule is COc1c(Br)c(Br)cc2n[nH]c(Br)c12. The number of aromatic nitrogens is 2. The third-order valence-corrected chi connectivity index (χ3v) is 4.37. The predicted molar refractivity (Wildman–Crippen MR) is 65.7 cm³/mol. The molecule has 1 aromatic heterocycles. The fourth-order valence-electron chi connectivity index (χ4n) is 1.25. The van der Waals surface area contributed by atoms with E-state index in [1.165, 1.54) is 0 Å². The normalized spacial score (nSPS) is 10.9. The Morgan fingerprint density at radius 1 is 1.36 bits per heavy atom. The van der Waals surface area contributed by atoms with Crippen molar-refractivity contribution in [3.05, 3.63) is 19.6 Å². The summed E-state index contributed by atoms with van der Waals surface area (Å²) in [4.78, 5) is 0. The first kappa shape index (κ1) is 10.4. The van der Waals surface area contributed by atoms with Crippen LogP contribution in [-0.2, 0) is 0 Å². The summed E-state index contributed by atoms with van der Waals surface area (Å²) < 4.78 is 7.93. The molecule has 1 heterocycles. The van der Waals surface area contributed by atoms with E-state index in [2.05, 4.69) is 58.0 Å². The van der Waals surface area contributed by atoms with Crippen molar-refractivity contribution in [2.45, 2.75) is 0 Å². The van der Waals surface area contributed by atoms with E-state index in [1.807, 2.05) is 6.07 Å². The Bertz CT molecular complexity index is 495. The van der Waals surface area contributed by atoms with E-state index in [4.69, 9.17) is 4.74 Å². The second kappa shape index (κ2) is 3.83. The van der Waals surface area contributed by atoms with Gasteiger partial charge in [-0.2, -0.15) is 5.10 Å². The van der Waals surface area contributed by atoms with Crippen LogP contribution in [0.3, 0.4) is 0 Å². The van der Waals surface area contributed by atoms with E-state index >= 15 is 0 Å². The molecule has 0 saturated heterocycles. The second-order valence-electron chi connectivity index (χ2n) is 2.64. The topological polar surface area (TPSA) is 37.9 Å². The maximum absolute atomic E-state index is 5.31. The van der Waals surface area contributed by atoms with E-state index in [0.717, 1.165) is 30.2 Å². The molecular formula is C8H5Br3N2O. The molecule has 0 spiro atoms. The maximum Gasteiger partial charge on any atom is 0.146 e. The summed E-state index contributed by atoms with van der Waals surface area (Å²) in [6.07, 6.45) is 0. The molecule has 74 valence electrons. The number of benzene rings is 1. The van der Waals surface area contributed by atoms with Gasteiger partial charge in [0, 0.05) is 4.47 Å². The molecule has 0 saturated carbocycles. The molecule has 2 rings (SSSR count). The van der Waals surface area contributed by atoms with Crippen molar-refractivity contribution in [1.29, 1.82) is 0 Å². The Balaban J connectivity index is 2.92. The van der Waals surface area contributed by atoms with Gasteiger partial charge in [0.25, 0.3) is 0 Å². The zero-order valence-corrected chi connectivity index (χ0v) is 11.8. The monoisotopic (exact) mass is 382 g/mol. The molecule has 0 aliphatic carbocycles. The van der Waals surface area contributed by atoms with E-state index < -0.39 is 0 Å². The maximum atomic E-state index is 5.31. The van der Waals surface area contributed by atoms with Gasteiger partial charge in [-0.05, 0) is 53.9 Å². The van der Waals surface area contributed by atoms with E-state index in [-0.39, 0.29) is 0 Å². The smallest absolute Gasteiger partial charge is 0.146 e. The number of nitrogens with zero attached hydrogens (tertiary/aromatic N) is 1. The highest BCUT2D eigenvalue weighted by molar-refractivity contribution is 9.13. The van der Waals surface area contributed by atoms with Crippen molar-refractivity contribution < 1.29 is 4.74 Å². The first-order chi connectivity index (χ1) is 6.65. The quantitative estimate of drug-likeness (QED) is 0.810. The molecular weight excluding hydrogens is 380 g/mol. The van der Waals surface area contributed by atoms with E-state index in [1.54, 1.807) is 7.11 Å². The fraction of sp³-hybridized carbons (Fsp3) is 0.125. The predicted octanol–water partition coefficient (Wildman–Crippen LogP) is 3.86. The summed E-state index contributed by atoms with van der Waals surface area (Å²) >= 11 is 10.3. The Morgan fingerprint density at radius 3 is 2.71 bits per heavy atom. The highest BCUT2D eigenvalue weighted by Crippen LogP contribution is 2.41. The molecule has 3 nitrogen and oxygen atoms in total. The van der Waals surface area contributed by atoms with Gasteiger partial charge in [-0.15, -0.1) is 0 Å². The van der Waals surface area contributed by atoms with Gasteiger partial charge in [0.05, 0.1) is 22.5 Å². The van der Waals surface area contributed by atoms with Crippen LogP contribution in [0.5, 0.6) is 5.75 Å². The van der Waals surface area contributed by atoms with Crippen LogP contribution >= 0.6 is 47.8 Å². The molecule has 0 aliphatic rings. The number of rotatable bonds is 1. The Morgan fingerprint density at radius 2 is 2.07 bits per heavy atom. The minimum atomic E-state index is 0.759. The largest absolute Gasteiger partial charge is 0.495 e. The lowest BCUT2D eigenvalue weighted by molar-refractivity contribution is 0.417. The van der Waals surface area contributed by atoms with Gasteiger partial charge in [-0.25, -0.2) is 0 Å². The molecule has 0 radical (unpaired) electrons.